The highest BCUT2D eigenvalue weighted by Crippen LogP contribution is 2.59. The van der Waals surface area contributed by atoms with E-state index in [2.05, 4.69) is 18.5 Å². The van der Waals surface area contributed by atoms with Crippen molar-refractivity contribution in [2.75, 3.05) is 24.6 Å². The molecule has 0 radical (unpaired) electrons. The van der Waals surface area contributed by atoms with Crippen molar-refractivity contribution < 1.29 is 33.8 Å². The molecule has 1 aromatic carbocycles. The summed E-state index contributed by atoms with van der Waals surface area (Å²) in [6.07, 6.45) is 3.84. The lowest BCUT2D eigenvalue weighted by Gasteiger charge is -2.39. The van der Waals surface area contributed by atoms with E-state index < -0.39 is 53.6 Å². The van der Waals surface area contributed by atoms with Gasteiger partial charge >= 0.3 is 5.97 Å². The third-order valence-corrected chi connectivity index (χ3v) is 8.75. The molecule has 10 nitrogen and oxygen atoms in total. The number of aliphatic hydroxyl groups is 1. The van der Waals surface area contributed by atoms with Crippen molar-refractivity contribution >= 4 is 29.4 Å². The number of allylic oxidation sites excluding steroid dienone is 1. The summed E-state index contributed by atoms with van der Waals surface area (Å²) < 4.78 is 12.2. The number of para-hydroxylation sites is 1. The molecule has 3 heterocycles. The molecule has 3 fully saturated rings. The largest absolute Gasteiger partial charge is 0.460 e. The van der Waals surface area contributed by atoms with Gasteiger partial charge < -0.3 is 29.7 Å². The van der Waals surface area contributed by atoms with Crippen LogP contribution in [-0.4, -0.2) is 83.3 Å². The Bertz CT molecular complexity index is 1230. The second kappa shape index (κ2) is 12.8. The molecular formula is C32H43N3O7. The molecule has 228 valence electrons. The molecule has 10 heteroatoms. The van der Waals surface area contributed by atoms with E-state index in [1.54, 1.807) is 30.9 Å². The van der Waals surface area contributed by atoms with Gasteiger partial charge in [0.2, 0.25) is 11.8 Å². The average molecular weight is 582 g/mol. The molecule has 0 unspecified atom stereocenters. The first kappa shape index (κ1) is 31.4. The lowest BCUT2D eigenvalue weighted by Crippen LogP contribution is -2.58. The van der Waals surface area contributed by atoms with Gasteiger partial charge in [-0.2, -0.15) is 0 Å². The SMILES string of the molecule is C=CCCC(=O)NC[C@@H](C)OC(=O)[C@@H]1[C@H]2C(=O)N([C@H](C)CO)[C@H](C(=O)N(CC=C)c3c(C)cccc3C)[C@]23CC[C@H]1O3. The number of hydrogen-bond acceptors (Lipinski definition) is 7. The Morgan fingerprint density at radius 3 is 2.55 bits per heavy atom. The molecule has 1 aromatic rings. The molecule has 3 amide bonds. The number of fused-ring (bicyclic) bond motifs is 1. The molecule has 7 atom stereocenters. The van der Waals surface area contributed by atoms with Crippen molar-refractivity contribution in [1.29, 1.82) is 0 Å². The minimum atomic E-state index is -1.23. The van der Waals surface area contributed by atoms with Gasteiger partial charge in [-0.25, -0.2) is 0 Å². The summed E-state index contributed by atoms with van der Waals surface area (Å²) in [6.45, 7) is 14.7. The third kappa shape index (κ3) is 5.49. The van der Waals surface area contributed by atoms with Crippen molar-refractivity contribution in [1.82, 2.24) is 10.2 Å². The number of nitrogens with one attached hydrogen (secondary N) is 1. The fourth-order valence-corrected chi connectivity index (χ4v) is 6.90. The van der Waals surface area contributed by atoms with Gasteiger partial charge in [0.1, 0.15) is 17.7 Å². The number of nitrogens with zero attached hydrogens (tertiary/aromatic N) is 2. The van der Waals surface area contributed by atoms with Crippen LogP contribution < -0.4 is 10.2 Å². The zero-order chi connectivity index (χ0) is 30.8. The van der Waals surface area contributed by atoms with E-state index in [4.69, 9.17) is 9.47 Å². The molecule has 0 saturated carbocycles. The number of rotatable bonds is 13. The Hall–Kier alpha value is -3.50. The van der Waals surface area contributed by atoms with E-state index in [9.17, 15) is 24.3 Å². The number of ether oxygens (including phenoxy) is 2. The number of anilines is 1. The molecule has 2 bridgehead atoms. The fraction of sp³-hybridized carbons (Fsp3) is 0.562. The van der Waals surface area contributed by atoms with Crippen LogP contribution >= 0.6 is 0 Å². The highest BCUT2D eigenvalue weighted by molar-refractivity contribution is 6.05. The van der Waals surface area contributed by atoms with Crippen LogP contribution in [0, 0.1) is 25.7 Å². The van der Waals surface area contributed by atoms with E-state index in [0.29, 0.717) is 25.7 Å². The van der Waals surface area contributed by atoms with Crippen molar-refractivity contribution in [3.05, 3.63) is 54.6 Å². The first-order valence-corrected chi connectivity index (χ1v) is 14.7. The van der Waals surface area contributed by atoms with Gasteiger partial charge in [-0.3, -0.25) is 19.2 Å². The third-order valence-electron chi connectivity index (χ3n) is 8.75. The number of amides is 3. The van der Waals surface area contributed by atoms with Crippen LogP contribution in [-0.2, 0) is 28.7 Å². The van der Waals surface area contributed by atoms with Gasteiger partial charge in [-0.05, 0) is 58.1 Å². The number of esters is 1. The number of aryl methyl sites for hydroxylation is 2. The smallest absolute Gasteiger partial charge is 0.312 e. The zero-order valence-electron chi connectivity index (χ0n) is 25.0. The van der Waals surface area contributed by atoms with Gasteiger partial charge in [0, 0.05) is 18.7 Å². The maximum Gasteiger partial charge on any atom is 0.312 e. The maximum absolute atomic E-state index is 14.6. The highest BCUT2D eigenvalue weighted by Gasteiger charge is 2.75. The van der Waals surface area contributed by atoms with Gasteiger partial charge in [-0.1, -0.05) is 30.4 Å². The number of carbonyl (C=O) groups is 4. The Morgan fingerprint density at radius 2 is 1.93 bits per heavy atom. The summed E-state index contributed by atoms with van der Waals surface area (Å²) in [5.74, 6) is -3.32. The monoisotopic (exact) mass is 581 g/mol. The van der Waals surface area contributed by atoms with E-state index in [0.717, 1.165) is 16.8 Å². The first-order chi connectivity index (χ1) is 20.0. The molecule has 42 heavy (non-hydrogen) atoms. The molecule has 0 aliphatic carbocycles. The quantitative estimate of drug-likeness (QED) is 0.271. The van der Waals surface area contributed by atoms with Crippen LogP contribution in [0.25, 0.3) is 0 Å². The summed E-state index contributed by atoms with van der Waals surface area (Å²) in [4.78, 5) is 57.3. The Kier molecular flexibility index (Phi) is 9.57. The van der Waals surface area contributed by atoms with Crippen molar-refractivity contribution in [2.45, 2.75) is 83.3 Å². The topological polar surface area (TPSA) is 125 Å². The van der Waals surface area contributed by atoms with Crippen molar-refractivity contribution in [3.8, 4) is 0 Å². The normalized spacial score (nSPS) is 27.3. The zero-order valence-corrected chi connectivity index (χ0v) is 25.0. The summed E-state index contributed by atoms with van der Waals surface area (Å²) in [6, 6.07) is 4.05. The highest BCUT2D eigenvalue weighted by atomic mass is 16.6. The first-order valence-electron chi connectivity index (χ1n) is 14.7. The van der Waals surface area contributed by atoms with Crippen LogP contribution in [0.5, 0.6) is 0 Å². The van der Waals surface area contributed by atoms with Gasteiger partial charge in [0.05, 0.1) is 37.1 Å². The number of benzene rings is 1. The van der Waals surface area contributed by atoms with Gasteiger partial charge in [-0.15, -0.1) is 13.2 Å². The van der Waals surface area contributed by atoms with E-state index >= 15 is 0 Å². The van der Waals surface area contributed by atoms with Gasteiger partial charge in [0.15, 0.2) is 0 Å². The number of carbonyl (C=O) groups excluding carboxylic acids is 4. The molecule has 3 aliphatic rings. The van der Waals surface area contributed by atoms with Crippen LogP contribution in [0.1, 0.15) is 50.7 Å². The minimum absolute atomic E-state index is 0.130. The van der Waals surface area contributed by atoms with Crippen molar-refractivity contribution in [3.63, 3.8) is 0 Å². The second-order valence-electron chi connectivity index (χ2n) is 11.7. The fourth-order valence-electron chi connectivity index (χ4n) is 6.90. The molecule has 0 aromatic heterocycles. The molecule has 4 rings (SSSR count). The summed E-state index contributed by atoms with van der Waals surface area (Å²) in [5.41, 5.74) is 1.30. The number of hydrogen-bond donors (Lipinski definition) is 2. The van der Waals surface area contributed by atoms with E-state index in [1.165, 1.54) is 4.90 Å². The standard InChI is InChI=1S/C32H43N3O7/c1-7-9-13-24(37)33-17-22(6)41-31(40)25-23-14-15-32(42-23)26(25)29(38)35(21(5)18-36)28(32)30(39)34(16-8-2)27-19(3)11-10-12-20(27)4/h7-8,10-12,21-23,25-26,28,36H,1-2,9,13-18H2,3-6H3,(H,33,37)/t21-,22-,23-,25+,26+,28-,32+/m1/s1. The van der Waals surface area contributed by atoms with Crippen molar-refractivity contribution in [2.24, 2.45) is 11.8 Å². The summed E-state index contributed by atoms with van der Waals surface area (Å²) in [7, 11) is 0. The molecule has 3 saturated heterocycles. The van der Waals surface area contributed by atoms with Crippen LogP contribution in [0.4, 0.5) is 5.69 Å². The Balaban J connectivity index is 1.64. The molecule has 3 aliphatic heterocycles. The maximum atomic E-state index is 14.6. The lowest BCUT2D eigenvalue weighted by molar-refractivity contribution is -0.159. The van der Waals surface area contributed by atoms with Crippen LogP contribution in [0.2, 0.25) is 0 Å². The van der Waals surface area contributed by atoms with Gasteiger partial charge in [0.25, 0.3) is 5.91 Å². The molecule has 1 spiro atoms. The summed E-state index contributed by atoms with van der Waals surface area (Å²) in [5, 5.41) is 12.9. The van der Waals surface area contributed by atoms with Crippen LogP contribution in [0.3, 0.4) is 0 Å². The predicted molar refractivity (Wildman–Crippen MR) is 157 cm³/mol. The Morgan fingerprint density at radius 1 is 1.24 bits per heavy atom. The minimum Gasteiger partial charge on any atom is -0.460 e. The Labute approximate surface area is 247 Å². The van der Waals surface area contributed by atoms with E-state index in [-0.39, 0.29) is 31.5 Å². The molecular weight excluding hydrogens is 538 g/mol. The average Bonchev–Trinajstić information content (AvgIpc) is 3.61. The van der Waals surface area contributed by atoms with Crippen LogP contribution in [0.15, 0.2) is 43.5 Å². The van der Waals surface area contributed by atoms with E-state index in [1.807, 2.05) is 32.0 Å². The number of likely N-dealkylation sites (tertiary alicyclic amines) is 1. The summed E-state index contributed by atoms with van der Waals surface area (Å²) >= 11 is 0. The molecule has 2 N–H and O–H groups in total. The lowest BCUT2D eigenvalue weighted by atomic mass is 9.70. The number of aliphatic hydroxyl groups excluding tert-OH is 1. The predicted octanol–water partition coefficient (Wildman–Crippen LogP) is 2.59. The second-order valence-corrected chi connectivity index (χ2v) is 11.7.